The summed E-state index contributed by atoms with van der Waals surface area (Å²) in [5.41, 5.74) is 6.51. The maximum Gasteiger partial charge on any atom is 0.126 e. The minimum Gasteiger partial charge on any atom is -0.493 e. The third-order valence-electron chi connectivity index (χ3n) is 2.26. The lowest BCUT2D eigenvalue weighted by Crippen LogP contribution is -2.11. The minimum absolute atomic E-state index is 0.206. The maximum absolute atomic E-state index is 13.0. The number of nitrogens with two attached hydrogens (primary N) is 1. The molecule has 1 rings (SSSR count). The third kappa shape index (κ3) is 3.79. The molecule has 4 heteroatoms. The van der Waals surface area contributed by atoms with E-state index in [0.29, 0.717) is 18.8 Å². The van der Waals surface area contributed by atoms with E-state index in [1.807, 2.05) is 6.92 Å². The van der Waals surface area contributed by atoms with Crippen LogP contribution in [0.4, 0.5) is 4.39 Å². The molecule has 0 radical (unpaired) electrons. The molecule has 0 aliphatic carbocycles. The van der Waals surface area contributed by atoms with Gasteiger partial charge in [0.2, 0.25) is 0 Å². The molecule has 0 saturated carbocycles. The number of rotatable bonds is 5. The molecule has 0 spiro atoms. The van der Waals surface area contributed by atoms with Gasteiger partial charge in [0.15, 0.2) is 0 Å². The second-order valence-corrected chi connectivity index (χ2v) is 3.96. The second kappa shape index (κ2) is 5.82. The quantitative estimate of drug-likeness (QED) is 0.808. The third-order valence-corrected chi connectivity index (χ3v) is 2.26. The molecule has 3 nitrogen and oxygen atoms in total. The van der Waals surface area contributed by atoms with Gasteiger partial charge in [0.25, 0.3) is 0 Å². The van der Waals surface area contributed by atoms with E-state index in [2.05, 4.69) is 0 Å². The standard InChI is InChI=1S/C12H18FNO2/c1-8(15)5-6-16-12-7-10(13)3-4-11(12)9(2)14/h3-4,7-9,15H,5-6,14H2,1-2H3/t8?,9-/m0/s1. The number of ether oxygens (including phenoxy) is 1. The fraction of sp³-hybridized carbons (Fsp3) is 0.500. The van der Waals surface area contributed by atoms with E-state index in [4.69, 9.17) is 15.6 Å². The van der Waals surface area contributed by atoms with E-state index in [0.717, 1.165) is 5.56 Å². The summed E-state index contributed by atoms with van der Waals surface area (Å²) in [5.74, 6) is 0.104. The van der Waals surface area contributed by atoms with E-state index in [-0.39, 0.29) is 11.9 Å². The summed E-state index contributed by atoms with van der Waals surface area (Å²) in [6.45, 7) is 3.84. The Morgan fingerprint density at radius 1 is 1.44 bits per heavy atom. The van der Waals surface area contributed by atoms with Gasteiger partial charge < -0.3 is 15.6 Å². The van der Waals surface area contributed by atoms with Crippen LogP contribution in [0.25, 0.3) is 0 Å². The minimum atomic E-state index is -0.424. The summed E-state index contributed by atoms with van der Waals surface area (Å²) in [4.78, 5) is 0. The van der Waals surface area contributed by atoms with Gasteiger partial charge in [0.1, 0.15) is 11.6 Å². The van der Waals surface area contributed by atoms with E-state index < -0.39 is 6.10 Å². The molecule has 90 valence electrons. The average Bonchev–Trinajstić information content (AvgIpc) is 2.16. The summed E-state index contributed by atoms with van der Waals surface area (Å²) in [5, 5.41) is 9.08. The summed E-state index contributed by atoms with van der Waals surface area (Å²) in [6, 6.07) is 4.10. The molecule has 1 aromatic rings. The van der Waals surface area contributed by atoms with Crippen molar-refractivity contribution in [1.29, 1.82) is 0 Å². The van der Waals surface area contributed by atoms with Crippen LogP contribution in [0.1, 0.15) is 31.9 Å². The molecule has 1 aromatic carbocycles. The fourth-order valence-corrected chi connectivity index (χ4v) is 1.35. The number of hydrogen-bond acceptors (Lipinski definition) is 3. The van der Waals surface area contributed by atoms with Crippen molar-refractivity contribution in [2.24, 2.45) is 5.73 Å². The molecule has 0 aliphatic rings. The lowest BCUT2D eigenvalue weighted by Gasteiger charge is -2.14. The number of hydrogen-bond donors (Lipinski definition) is 2. The van der Waals surface area contributed by atoms with Crippen molar-refractivity contribution >= 4 is 0 Å². The predicted molar refractivity (Wildman–Crippen MR) is 60.8 cm³/mol. The van der Waals surface area contributed by atoms with Gasteiger partial charge in [-0.3, -0.25) is 0 Å². The summed E-state index contributed by atoms with van der Waals surface area (Å²) >= 11 is 0. The zero-order valence-corrected chi connectivity index (χ0v) is 9.61. The van der Waals surface area contributed by atoms with E-state index >= 15 is 0 Å². The van der Waals surface area contributed by atoms with Crippen molar-refractivity contribution in [2.45, 2.75) is 32.4 Å². The van der Waals surface area contributed by atoms with Crippen molar-refractivity contribution < 1.29 is 14.2 Å². The molecule has 1 unspecified atom stereocenters. The van der Waals surface area contributed by atoms with Crippen LogP contribution in [0, 0.1) is 5.82 Å². The first kappa shape index (κ1) is 12.9. The zero-order chi connectivity index (χ0) is 12.1. The highest BCUT2D eigenvalue weighted by molar-refractivity contribution is 5.36. The number of halogens is 1. The van der Waals surface area contributed by atoms with Crippen molar-refractivity contribution in [3.8, 4) is 5.75 Å². The Hall–Kier alpha value is -1.13. The Balaban J connectivity index is 2.72. The fourth-order valence-electron chi connectivity index (χ4n) is 1.35. The summed E-state index contributed by atoms with van der Waals surface area (Å²) in [6.07, 6.45) is 0.0850. The van der Waals surface area contributed by atoms with E-state index in [9.17, 15) is 4.39 Å². The van der Waals surface area contributed by atoms with Crippen molar-refractivity contribution in [1.82, 2.24) is 0 Å². The first-order valence-corrected chi connectivity index (χ1v) is 5.36. The van der Waals surface area contributed by atoms with Gasteiger partial charge in [-0.1, -0.05) is 6.07 Å². The van der Waals surface area contributed by atoms with Crippen LogP contribution in [0.15, 0.2) is 18.2 Å². The highest BCUT2D eigenvalue weighted by atomic mass is 19.1. The van der Waals surface area contributed by atoms with E-state index in [1.165, 1.54) is 12.1 Å². The molecule has 0 saturated heterocycles. The highest BCUT2D eigenvalue weighted by Crippen LogP contribution is 2.24. The van der Waals surface area contributed by atoms with Crippen LogP contribution < -0.4 is 10.5 Å². The van der Waals surface area contributed by atoms with Gasteiger partial charge >= 0.3 is 0 Å². The SMILES string of the molecule is CC(O)CCOc1cc(F)ccc1[C@H](C)N. The molecule has 16 heavy (non-hydrogen) atoms. The number of aliphatic hydroxyl groups excluding tert-OH is 1. The smallest absolute Gasteiger partial charge is 0.126 e. The Labute approximate surface area is 95.0 Å². The van der Waals surface area contributed by atoms with Crippen LogP contribution in [-0.2, 0) is 0 Å². The van der Waals surface area contributed by atoms with Crippen LogP contribution >= 0.6 is 0 Å². The largest absolute Gasteiger partial charge is 0.493 e. The van der Waals surface area contributed by atoms with Gasteiger partial charge in [0, 0.05) is 24.1 Å². The first-order chi connectivity index (χ1) is 7.50. The molecular weight excluding hydrogens is 209 g/mol. The first-order valence-electron chi connectivity index (χ1n) is 5.36. The van der Waals surface area contributed by atoms with Crippen LogP contribution in [0.3, 0.4) is 0 Å². The van der Waals surface area contributed by atoms with Crippen LogP contribution in [0.2, 0.25) is 0 Å². The Morgan fingerprint density at radius 2 is 2.12 bits per heavy atom. The van der Waals surface area contributed by atoms with Gasteiger partial charge in [-0.15, -0.1) is 0 Å². The molecule has 2 atom stereocenters. The lowest BCUT2D eigenvalue weighted by atomic mass is 10.1. The Kier molecular flexibility index (Phi) is 4.71. The van der Waals surface area contributed by atoms with Gasteiger partial charge in [-0.25, -0.2) is 4.39 Å². The monoisotopic (exact) mass is 227 g/mol. The van der Waals surface area contributed by atoms with Crippen molar-refractivity contribution in [3.05, 3.63) is 29.6 Å². The molecular formula is C12H18FNO2. The predicted octanol–water partition coefficient (Wildman–Crippen LogP) is 2.00. The van der Waals surface area contributed by atoms with Crippen LogP contribution in [0.5, 0.6) is 5.75 Å². The van der Waals surface area contributed by atoms with Crippen molar-refractivity contribution in [2.75, 3.05) is 6.61 Å². The second-order valence-electron chi connectivity index (χ2n) is 3.96. The topological polar surface area (TPSA) is 55.5 Å². The summed E-state index contributed by atoms with van der Waals surface area (Å²) < 4.78 is 18.4. The molecule has 0 heterocycles. The molecule has 0 bridgehead atoms. The highest BCUT2D eigenvalue weighted by Gasteiger charge is 2.09. The van der Waals surface area contributed by atoms with Gasteiger partial charge in [-0.05, 0) is 19.9 Å². The number of benzene rings is 1. The number of aliphatic hydroxyl groups is 1. The molecule has 0 aliphatic heterocycles. The Morgan fingerprint density at radius 3 is 2.69 bits per heavy atom. The lowest BCUT2D eigenvalue weighted by molar-refractivity contribution is 0.155. The van der Waals surface area contributed by atoms with Crippen molar-refractivity contribution in [3.63, 3.8) is 0 Å². The maximum atomic E-state index is 13.0. The molecule has 0 fully saturated rings. The van der Waals surface area contributed by atoms with Crippen LogP contribution in [-0.4, -0.2) is 17.8 Å². The molecule has 0 aromatic heterocycles. The zero-order valence-electron chi connectivity index (χ0n) is 9.61. The van der Waals surface area contributed by atoms with E-state index in [1.54, 1.807) is 13.0 Å². The molecule has 3 N–H and O–H groups in total. The van der Waals surface area contributed by atoms with Gasteiger partial charge in [0.05, 0.1) is 12.7 Å². The summed E-state index contributed by atoms with van der Waals surface area (Å²) in [7, 11) is 0. The normalized spacial score (nSPS) is 14.6. The Bertz CT molecular complexity index is 340. The van der Waals surface area contributed by atoms with Gasteiger partial charge in [-0.2, -0.15) is 0 Å². The molecule has 0 amide bonds. The average molecular weight is 227 g/mol.